The number of rotatable bonds is 0. The third kappa shape index (κ3) is 142. The van der Waals surface area contributed by atoms with E-state index < -0.39 is 6.48 Å². The van der Waals surface area contributed by atoms with E-state index in [0.29, 0.717) is 0 Å². The molecule has 0 bridgehead atoms. The Hall–Kier alpha value is -0.650. The van der Waals surface area contributed by atoms with Crippen molar-refractivity contribution in [2.75, 3.05) is 0 Å². The van der Waals surface area contributed by atoms with E-state index in [4.69, 9.17) is 25.2 Å². The highest BCUT2D eigenvalue weighted by Gasteiger charge is 1.72. The minimum atomic E-state index is -2.17. The lowest BCUT2D eigenvalue weighted by atomic mass is 11.4. The van der Waals surface area contributed by atoms with E-state index in [-0.39, 0.29) is 6.47 Å². The molecule has 0 heterocycles. The zero-order chi connectivity index (χ0) is 6.28. The largest absolute Gasteiger partial charge is 0.483 e. The Morgan fingerprint density at radius 3 is 1.29 bits per heavy atom. The summed E-state index contributed by atoms with van der Waals surface area (Å²) in [5.74, 6) is 0. The topological polar surface area (TPSA) is 98.0 Å². The molecule has 0 aliphatic carbocycles. The molecule has 0 aromatic rings. The average Bonchev–Trinajstić information content (AvgIpc) is 1.33. The zero-order valence-electron chi connectivity index (χ0n) is 3.35. The number of carboxylic acid groups (broad SMARTS) is 1. The molecule has 0 aromatic carbocycles. The van der Waals surface area contributed by atoms with Crippen molar-refractivity contribution in [1.29, 1.82) is 0 Å². The van der Waals surface area contributed by atoms with Gasteiger partial charge in [-0.25, -0.2) is 0 Å². The summed E-state index contributed by atoms with van der Waals surface area (Å²) in [6.45, 7) is -2.42. The molecule has 0 spiro atoms. The van der Waals surface area contributed by atoms with E-state index in [1.165, 1.54) is 0 Å². The summed E-state index contributed by atoms with van der Waals surface area (Å²) in [4.78, 5) is 8.36. The monoisotopic (exact) mass is 110 g/mol. The molecule has 0 fully saturated rings. The molecule has 0 saturated carbocycles. The Kier molecular flexibility index (Phi) is 12.4. The third-order valence-corrected chi connectivity index (χ3v) is 0. The zero-order valence-corrected chi connectivity index (χ0v) is 3.35. The van der Waals surface area contributed by atoms with Crippen molar-refractivity contribution in [3.8, 4) is 0 Å². The molecule has 0 unspecified atom stereocenters. The Bertz CT molecular complexity index is 30.3. The molecule has 44 valence electrons. The molecule has 0 aliphatic heterocycles. The standard InChI is InChI=1S/CH4O3.CH2O2/c2-1(3)4;2-1-3/h1-4H;1H,(H,2,3). The van der Waals surface area contributed by atoms with Gasteiger partial charge >= 0.3 is 0 Å². The number of hydrogen-bond donors (Lipinski definition) is 4. The Morgan fingerprint density at radius 2 is 1.29 bits per heavy atom. The van der Waals surface area contributed by atoms with E-state index in [2.05, 4.69) is 0 Å². The fraction of sp³-hybridized carbons (Fsp3) is 0.500. The molecule has 0 rings (SSSR count). The maximum atomic E-state index is 8.36. The van der Waals surface area contributed by atoms with Crippen molar-refractivity contribution >= 4 is 6.47 Å². The van der Waals surface area contributed by atoms with Crippen LogP contribution < -0.4 is 0 Å². The van der Waals surface area contributed by atoms with Crippen LogP contribution in [0.5, 0.6) is 0 Å². The fourth-order valence-corrected chi connectivity index (χ4v) is 0. The minimum absolute atomic E-state index is 0.250. The molecule has 5 nitrogen and oxygen atoms in total. The second kappa shape index (κ2) is 9.02. The van der Waals surface area contributed by atoms with Crippen LogP contribution in [-0.2, 0) is 4.79 Å². The molecule has 0 amide bonds. The van der Waals surface area contributed by atoms with Crippen LogP contribution in [0.15, 0.2) is 0 Å². The van der Waals surface area contributed by atoms with Gasteiger partial charge in [0, 0.05) is 0 Å². The first-order valence-corrected chi connectivity index (χ1v) is 1.27. The first-order valence-electron chi connectivity index (χ1n) is 1.27. The SMILES string of the molecule is O=CO.OC(O)O. The predicted octanol–water partition coefficient (Wildman–Crippen LogP) is -2.05. The molecule has 0 atom stereocenters. The second-order valence-electron chi connectivity index (χ2n) is 0.452. The fourth-order valence-electron chi connectivity index (χ4n) is 0. The van der Waals surface area contributed by atoms with E-state index >= 15 is 0 Å². The van der Waals surface area contributed by atoms with Crippen LogP contribution in [0.2, 0.25) is 0 Å². The molecular weight excluding hydrogens is 104 g/mol. The van der Waals surface area contributed by atoms with Gasteiger partial charge in [0.1, 0.15) is 0 Å². The number of hydrogen-bond acceptors (Lipinski definition) is 4. The number of aliphatic hydroxyl groups is 3. The number of aliphatic hydroxyl groups excluding tert-OH is 1. The summed E-state index contributed by atoms with van der Waals surface area (Å²) in [6.07, 6.45) is 0. The Balaban J connectivity index is 0. The first kappa shape index (κ1) is 9.61. The van der Waals surface area contributed by atoms with Crippen LogP contribution in [0.1, 0.15) is 0 Å². The highest BCUT2D eigenvalue weighted by Crippen LogP contribution is 1.49. The number of carbonyl (C=O) groups is 1. The lowest BCUT2D eigenvalue weighted by Gasteiger charge is -1.80. The van der Waals surface area contributed by atoms with Gasteiger partial charge in [0.15, 0.2) is 0 Å². The predicted molar refractivity (Wildman–Crippen MR) is 19.1 cm³/mol. The highest BCUT2D eigenvalue weighted by molar-refractivity contribution is 5.32. The van der Waals surface area contributed by atoms with Crippen LogP contribution in [0.3, 0.4) is 0 Å². The van der Waals surface area contributed by atoms with Gasteiger partial charge in [-0.1, -0.05) is 0 Å². The van der Waals surface area contributed by atoms with E-state index in [0.717, 1.165) is 0 Å². The van der Waals surface area contributed by atoms with Crippen LogP contribution in [0, 0.1) is 0 Å². The lowest BCUT2D eigenvalue weighted by molar-refractivity contribution is -0.198. The van der Waals surface area contributed by atoms with Crippen molar-refractivity contribution < 1.29 is 25.2 Å². The van der Waals surface area contributed by atoms with Crippen LogP contribution >= 0.6 is 0 Å². The smallest absolute Gasteiger partial charge is 0.290 e. The van der Waals surface area contributed by atoms with Crippen molar-refractivity contribution in [2.45, 2.75) is 6.48 Å². The van der Waals surface area contributed by atoms with Crippen LogP contribution in [0.25, 0.3) is 0 Å². The summed E-state index contributed by atoms with van der Waals surface area (Å²) in [7, 11) is 0. The van der Waals surface area contributed by atoms with Gasteiger partial charge in [-0.15, -0.1) is 0 Å². The minimum Gasteiger partial charge on any atom is -0.483 e. The summed E-state index contributed by atoms with van der Waals surface area (Å²) in [6, 6.07) is 0. The molecule has 7 heavy (non-hydrogen) atoms. The summed E-state index contributed by atoms with van der Waals surface area (Å²) in [5, 5.41) is 28.4. The van der Waals surface area contributed by atoms with Crippen LogP contribution in [0.4, 0.5) is 0 Å². The molecule has 0 aromatic heterocycles. The molecule has 0 radical (unpaired) electrons. The molecule has 5 heteroatoms. The maximum absolute atomic E-state index is 8.36. The van der Waals surface area contributed by atoms with Gasteiger partial charge in [0.05, 0.1) is 0 Å². The van der Waals surface area contributed by atoms with Crippen molar-refractivity contribution in [3.63, 3.8) is 0 Å². The second-order valence-corrected chi connectivity index (χ2v) is 0.452. The van der Waals surface area contributed by atoms with E-state index in [1.807, 2.05) is 0 Å². The third-order valence-electron chi connectivity index (χ3n) is 0. The Morgan fingerprint density at radius 1 is 1.29 bits per heavy atom. The maximum Gasteiger partial charge on any atom is 0.290 e. The van der Waals surface area contributed by atoms with E-state index in [1.54, 1.807) is 0 Å². The normalized spacial score (nSPS) is 6.86. The van der Waals surface area contributed by atoms with Gasteiger partial charge in [-0.2, -0.15) is 0 Å². The van der Waals surface area contributed by atoms with Crippen LogP contribution in [-0.4, -0.2) is 33.4 Å². The lowest BCUT2D eigenvalue weighted by Crippen LogP contribution is -1.98. The van der Waals surface area contributed by atoms with E-state index in [9.17, 15) is 0 Å². The molecule has 0 saturated heterocycles. The van der Waals surface area contributed by atoms with Crippen molar-refractivity contribution in [1.82, 2.24) is 0 Å². The average molecular weight is 110 g/mol. The van der Waals surface area contributed by atoms with Crippen molar-refractivity contribution in [2.24, 2.45) is 0 Å². The molecular formula is C2H6O5. The van der Waals surface area contributed by atoms with Gasteiger partial charge < -0.3 is 20.4 Å². The van der Waals surface area contributed by atoms with Gasteiger partial charge in [-0.05, 0) is 0 Å². The summed E-state index contributed by atoms with van der Waals surface area (Å²) in [5.41, 5.74) is 0. The van der Waals surface area contributed by atoms with Gasteiger partial charge in [-0.3, -0.25) is 4.79 Å². The van der Waals surface area contributed by atoms with Gasteiger partial charge in [0.25, 0.3) is 12.9 Å². The first-order chi connectivity index (χ1) is 3.15. The molecule has 0 aliphatic rings. The van der Waals surface area contributed by atoms with Crippen molar-refractivity contribution in [3.05, 3.63) is 0 Å². The summed E-state index contributed by atoms with van der Waals surface area (Å²) >= 11 is 0. The van der Waals surface area contributed by atoms with Gasteiger partial charge in [0.2, 0.25) is 0 Å². The molecule has 4 N–H and O–H groups in total. The summed E-state index contributed by atoms with van der Waals surface area (Å²) < 4.78 is 0. The quantitative estimate of drug-likeness (QED) is 0.212. The Labute approximate surface area is 39.4 Å². The highest BCUT2D eigenvalue weighted by atomic mass is 16.6.